The van der Waals surface area contributed by atoms with Gasteiger partial charge in [0.2, 0.25) is 6.54 Å². The van der Waals surface area contributed by atoms with Gasteiger partial charge in [0.15, 0.2) is 0 Å². The molecular formula is C58H61N2O8P. The van der Waals surface area contributed by atoms with E-state index in [1.165, 1.54) is 0 Å². The molecule has 0 heterocycles. The van der Waals surface area contributed by atoms with Crippen LogP contribution in [0.4, 0.5) is 0 Å². The van der Waals surface area contributed by atoms with E-state index in [1.54, 1.807) is 0 Å². The van der Waals surface area contributed by atoms with Gasteiger partial charge in [-0.1, -0.05) is 121 Å². The summed E-state index contributed by atoms with van der Waals surface area (Å²) in [6.45, 7) is 18.6. The minimum absolute atomic E-state index is 0.153. The zero-order valence-electron chi connectivity index (χ0n) is 39.9. The summed E-state index contributed by atoms with van der Waals surface area (Å²) in [5.74, 6) is 3.85. The van der Waals surface area contributed by atoms with E-state index in [9.17, 15) is 0 Å². The standard InChI is InChI=1S/C58H61N2O8P/c1-44(2)60(45(3)4)69(67-27-26-59-5)68-43-52-32-57(65-41-50-28-53(61-37-46-18-10-6-11-19-46)34-54(29-50)62-38-47-20-12-7-13-21-47)36-58(33-52)66-42-51-30-55(63-39-48-22-14-8-15-23-48)35-56(31-51)64-40-49-24-16-9-17-25-49/h6-25,28-36,44-45H,26-27,37-43H2,1-4H3. The van der Waals surface area contributed by atoms with Gasteiger partial charge in [-0.2, -0.15) is 0 Å². The fraction of sp³-hybridized carbons (Fsp3) is 0.259. The van der Waals surface area contributed by atoms with Gasteiger partial charge >= 0.3 is 0 Å². The van der Waals surface area contributed by atoms with E-state index in [0.717, 1.165) is 38.9 Å². The first-order valence-electron chi connectivity index (χ1n) is 23.3. The summed E-state index contributed by atoms with van der Waals surface area (Å²) in [5.41, 5.74) is 6.80. The maximum Gasteiger partial charge on any atom is 0.259 e. The number of hydrogen-bond acceptors (Lipinski definition) is 9. The lowest BCUT2D eigenvalue weighted by atomic mass is 10.2. The van der Waals surface area contributed by atoms with Gasteiger partial charge in [-0.05, 0) is 103 Å². The molecule has 11 heteroatoms. The molecule has 1 atom stereocenters. The van der Waals surface area contributed by atoms with Crippen LogP contribution < -0.4 is 28.4 Å². The molecule has 0 spiro atoms. The molecule has 7 rings (SSSR count). The number of nitrogens with zero attached hydrogens (tertiary/aromatic N) is 2. The Kier molecular flexibility index (Phi) is 19.3. The normalized spacial score (nSPS) is 11.6. The molecule has 0 saturated carbocycles. The molecule has 0 bridgehead atoms. The van der Waals surface area contributed by atoms with Gasteiger partial charge in [-0.15, -0.1) is 0 Å². The third-order valence-electron chi connectivity index (χ3n) is 10.6. The van der Waals surface area contributed by atoms with Gasteiger partial charge in [-0.3, -0.25) is 0 Å². The predicted octanol–water partition coefficient (Wildman–Crippen LogP) is 14.0. The first kappa shape index (κ1) is 50.0. The summed E-state index contributed by atoms with van der Waals surface area (Å²) in [4.78, 5) is 3.50. The molecule has 0 aliphatic heterocycles. The van der Waals surface area contributed by atoms with Gasteiger partial charge < -0.3 is 42.3 Å². The first-order chi connectivity index (χ1) is 33.8. The highest BCUT2D eigenvalue weighted by Gasteiger charge is 2.27. The van der Waals surface area contributed by atoms with E-state index in [1.807, 2.05) is 176 Å². The van der Waals surface area contributed by atoms with Crippen LogP contribution in [0.5, 0.6) is 34.5 Å². The number of benzene rings is 7. The molecular weight excluding hydrogens is 884 g/mol. The van der Waals surface area contributed by atoms with E-state index in [4.69, 9.17) is 44.0 Å². The predicted molar refractivity (Wildman–Crippen MR) is 272 cm³/mol. The lowest BCUT2D eigenvalue weighted by molar-refractivity contribution is 0.173. The molecule has 10 nitrogen and oxygen atoms in total. The Bertz CT molecular complexity index is 2360. The molecule has 0 aromatic heterocycles. The summed E-state index contributed by atoms with van der Waals surface area (Å²) in [5, 5.41) is 0. The van der Waals surface area contributed by atoms with Crippen LogP contribution in [-0.4, -0.2) is 29.9 Å². The summed E-state index contributed by atoms with van der Waals surface area (Å²) in [6.07, 6.45) is 0. The van der Waals surface area contributed by atoms with Gasteiger partial charge in [0, 0.05) is 30.3 Å². The Labute approximate surface area is 409 Å². The van der Waals surface area contributed by atoms with Crippen LogP contribution >= 0.6 is 8.53 Å². The molecule has 0 fully saturated rings. The second-order valence-electron chi connectivity index (χ2n) is 16.9. The third kappa shape index (κ3) is 16.7. The zero-order valence-corrected chi connectivity index (χ0v) is 40.8. The average Bonchev–Trinajstić information content (AvgIpc) is 3.37. The van der Waals surface area contributed by atoms with Crippen LogP contribution in [0.2, 0.25) is 0 Å². The molecule has 356 valence electrons. The second-order valence-corrected chi connectivity index (χ2v) is 18.4. The van der Waals surface area contributed by atoms with Crippen LogP contribution in [0.3, 0.4) is 0 Å². The minimum Gasteiger partial charge on any atom is -0.489 e. The van der Waals surface area contributed by atoms with Crippen molar-refractivity contribution in [2.45, 2.75) is 86.0 Å². The molecule has 0 aliphatic rings. The highest BCUT2D eigenvalue weighted by Crippen LogP contribution is 2.47. The molecule has 1 unspecified atom stereocenters. The smallest absolute Gasteiger partial charge is 0.259 e. The Balaban J connectivity index is 1.14. The number of hydrogen-bond donors (Lipinski definition) is 0. The molecule has 7 aromatic rings. The summed E-state index contributed by atoms with van der Waals surface area (Å²) >= 11 is 0. The van der Waals surface area contributed by atoms with Gasteiger partial charge in [0.25, 0.3) is 8.53 Å². The first-order valence-corrected chi connectivity index (χ1v) is 24.4. The van der Waals surface area contributed by atoms with E-state index in [2.05, 4.69) is 37.2 Å². The lowest BCUT2D eigenvalue weighted by Gasteiger charge is -2.35. The fourth-order valence-electron chi connectivity index (χ4n) is 7.38. The Morgan fingerprint density at radius 1 is 0.377 bits per heavy atom. The highest BCUT2D eigenvalue weighted by molar-refractivity contribution is 7.44. The maximum absolute atomic E-state index is 7.33. The van der Waals surface area contributed by atoms with E-state index >= 15 is 0 Å². The van der Waals surface area contributed by atoms with Crippen LogP contribution in [0.1, 0.15) is 66.6 Å². The van der Waals surface area contributed by atoms with Crippen molar-refractivity contribution in [3.05, 3.63) is 226 Å². The van der Waals surface area contributed by atoms with Crippen molar-refractivity contribution in [3.63, 3.8) is 0 Å². The van der Waals surface area contributed by atoms with Crippen molar-refractivity contribution in [2.24, 2.45) is 0 Å². The molecule has 0 radical (unpaired) electrons. The van der Waals surface area contributed by atoms with Crippen LogP contribution in [0.25, 0.3) is 4.85 Å². The third-order valence-corrected chi connectivity index (χ3v) is 12.7. The summed E-state index contributed by atoms with van der Waals surface area (Å²) in [6, 6.07) is 58.1. The quantitative estimate of drug-likeness (QED) is 0.0284. The van der Waals surface area contributed by atoms with Crippen LogP contribution in [0.15, 0.2) is 176 Å². The van der Waals surface area contributed by atoms with Crippen LogP contribution in [-0.2, 0) is 55.3 Å². The average molecular weight is 945 g/mol. The van der Waals surface area contributed by atoms with Gasteiger partial charge in [-0.25, -0.2) is 11.2 Å². The SMILES string of the molecule is [C-]#[N+]CCOP(OCc1cc(OCc2cc(OCc3ccccc3)cc(OCc3ccccc3)c2)cc(OCc2cc(OCc3ccccc3)cc(OCc3ccccc3)c2)c1)N(C(C)C)C(C)C. The molecule has 7 aromatic carbocycles. The van der Waals surface area contributed by atoms with E-state index in [0.29, 0.717) is 60.9 Å². The van der Waals surface area contributed by atoms with Crippen molar-refractivity contribution in [3.8, 4) is 34.5 Å². The molecule has 69 heavy (non-hydrogen) atoms. The van der Waals surface area contributed by atoms with Crippen molar-refractivity contribution in [2.75, 3.05) is 13.2 Å². The maximum atomic E-state index is 7.33. The molecule has 0 amide bonds. The lowest BCUT2D eigenvalue weighted by Crippen LogP contribution is -2.33. The van der Waals surface area contributed by atoms with E-state index in [-0.39, 0.29) is 45.1 Å². The number of rotatable bonds is 27. The second kappa shape index (κ2) is 26.6. The topological polar surface area (TPSA) is 81.4 Å². The van der Waals surface area contributed by atoms with Crippen molar-refractivity contribution >= 4 is 8.53 Å². The van der Waals surface area contributed by atoms with Gasteiger partial charge in [0.05, 0.1) is 6.61 Å². The Morgan fingerprint density at radius 2 is 0.652 bits per heavy atom. The van der Waals surface area contributed by atoms with E-state index < -0.39 is 8.53 Å². The number of ether oxygens (including phenoxy) is 6. The van der Waals surface area contributed by atoms with Crippen LogP contribution in [0, 0.1) is 6.57 Å². The highest BCUT2D eigenvalue weighted by atomic mass is 31.2. The van der Waals surface area contributed by atoms with Crippen molar-refractivity contribution in [1.82, 2.24) is 4.67 Å². The molecule has 0 aliphatic carbocycles. The summed E-state index contributed by atoms with van der Waals surface area (Å²) in [7, 11) is -1.49. The van der Waals surface area contributed by atoms with Crippen molar-refractivity contribution < 1.29 is 37.5 Å². The Hall–Kier alpha value is -6.86. The van der Waals surface area contributed by atoms with Gasteiger partial charge in [0.1, 0.15) is 80.7 Å². The largest absolute Gasteiger partial charge is 0.489 e. The zero-order chi connectivity index (χ0) is 48.0. The Morgan fingerprint density at radius 3 is 0.928 bits per heavy atom. The molecule has 0 N–H and O–H groups in total. The monoisotopic (exact) mass is 944 g/mol. The summed E-state index contributed by atoms with van der Waals surface area (Å²) < 4.78 is 53.5. The molecule has 0 saturated heterocycles. The van der Waals surface area contributed by atoms with Crippen molar-refractivity contribution in [1.29, 1.82) is 0 Å². The fourth-order valence-corrected chi connectivity index (χ4v) is 8.97. The minimum atomic E-state index is -1.49.